The number of carbonyl (C=O) groups excluding carboxylic acids is 2. The molecule has 2 rings (SSSR count). The molecule has 1 aromatic carbocycles. The van der Waals surface area contributed by atoms with Gasteiger partial charge in [-0.1, -0.05) is 12.1 Å². The normalized spacial score (nSPS) is 13.7. The molecule has 23 heavy (non-hydrogen) atoms. The molecule has 0 unspecified atom stereocenters. The second kappa shape index (κ2) is 8.59. The third-order valence-electron chi connectivity index (χ3n) is 3.83. The maximum Gasteiger partial charge on any atom is 0.242 e. The molecule has 1 aliphatic rings. The smallest absolute Gasteiger partial charge is 0.242 e. The van der Waals surface area contributed by atoms with Gasteiger partial charge in [-0.15, -0.1) is 11.8 Å². The van der Waals surface area contributed by atoms with Gasteiger partial charge in [0.1, 0.15) is 0 Å². The second-order valence-corrected chi connectivity index (χ2v) is 6.62. The van der Waals surface area contributed by atoms with E-state index in [-0.39, 0.29) is 18.4 Å². The van der Waals surface area contributed by atoms with E-state index in [1.54, 1.807) is 19.2 Å². The number of benzene rings is 1. The number of hydrogen-bond acceptors (Lipinski definition) is 4. The van der Waals surface area contributed by atoms with Crippen LogP contribution in [0.25, 0.3) is 0 Å². The van der Waals surface area contributed by atoms with Gasteiger partial charge in [-0.05, 0) is 30.5 Å². The Bertz CT molecular complexity index is 589. The topological polar surface area (TPSA) is 64.4 Å². The predicted molar refractivity (Wildman–Crippen MR) is 90.8 cm³/mol. The Hall–Kier alpha value is -2.00. The fraction of sp³-hybridized carbons (Fsp3) is 0.471. The number of thioether (sulfide) groups is 1. The van der Waals surface area contributed by atoms with E-state index in [1.807, 2.05) is 17.0 Å². The largest absolute Gasteiger partial charge is 0.341 e. The molecular formula is C17H21N3O2S. The van der Waals surface area contributed by atoms with E-state index in [9.17, 15) is 9.59 Å². The summed E-state index contributed by atoms with van der Waals surface area (Å²) in [5, 5.41) is 8.75. The van der Waals surface area contributed by atoms with Gasteiger partial charge in [0.15, 0.2) is 0 Å². The summed E-state index contributed by atoms with van der Waals surface area (Å²) < 4.78 is 0. The Balaban J connectivity index is 1.70. The Morgan fingerprint density at radius 3 is 2.52 bits per heavy atom. The molecule has 0 spiro atoms. The molecule has 1 aliphatic heterocycles. The summed E-state index contributed by atoms with van der Waals surface area (Å²) >= 11 is 1.52. The fourth-order valence-corrected chi connectivity index (χ4v) is 3.32. The quantitative estimate of drug-likeness (QED) is 0.798. The number of hydrogen-bond donors (Lipinski definition) is 0. The minimum absolute atomic E-state index is 0.0313. The molecule has 1 fully saturated rings. The lowest BCUT2D eigenvalue weighted by molar-refractivity contribution is -0.137. The molecule has 1 aromatic rings. The molecule has 6 heteroatoms. The molecule has 5 nitrogen and oxygen atoms in total. The SMILES string of the molecule is CN(CC(=O)N1CCCC1)C(=O)CSCc1ccc(C#N)cc1. The highest BCUT2D eigenvalue weighted by molar-refractivity contribution is 7.99. The van der Waals surface area contributed by atoms with Crippen LogP contribution in [-0.2, 0) is 15.3 Å². The lowest BCUT2D eigenvalue weighted by atomic mass is 10.2. The van der Waals surface area contributed by atoms with Crippen molar-refractivity contribution in [2.45, 2.75) is 18.6 Å². The number of amides is 2. The monoisotopic (exact) mass is 331 g/mol. The van der Waals surface area contributed by atoms with Gasteiger partial charge >= 0.3 is 0 Å². The van der Waals surface area contributed by atoms with Crippen LogP contribution in [0.1, 0.15) is 24.0 Å². The van der Waals surface area contributed by atoms with Crippen LogP contribution in [0.4, 0.5) is 0 Å². The van der Waals surface area contributed by atoms with Gasteiger partial charge in [-0.2, -0.15) is 5.26 Å². The first-order chi connectivity index (χ1) is 11.1. The molecule has 2 amide bonds. The molecule has 122 valence electrons. The van der Waals surface area contributed by atoms with E-state index >= 15 is 0 Å². The molecule has 0 aliphatic carbocycles. The van der Waals surface area contributed by atoms with E-state index < -0.39 is 0 Å². The molecule has 0 aromatic heterocycles. The lowest BCUT2D eigenvalue weighted by Crippen LogP contribution is -2.40. The maximum atomic E-state index is 12.1. The molecule has 0 bridgehead atoms. The first-order valence-corrected chi connectivity index (χ1v) is 8.84. The number of nitrogens with zero attached hydrogens (tertiary/aromatic N) is 3. The Morgan fingerprint density at radius 1 is 1.26 bits per heavy atom. The van der Waals surface area contributed by atoms with Gasteiger partial charge in [0.25, 0.3) is 0 Å². The van der Waals surface area contributed by atoms with Crippen molar-refractivity contribution < 1.29 is 9.59 Å². The van der Waals surface area contributed by atoms with Gasteiger partial charge < -0.3 is 9.80 Å². The van der Waals surface area contributed by atoms with Crippen molar-refractivity contribution in [3.63, 3.8) is 0 Å². The van der Waals surface area contributed by atoms with Gasteiger partial charge in [0.05, 0.1) is 23.9 Å². The highest BCUT2D eigenvalue weighted by Gasteiger charge is 2.20. The minimum Gasteiger partial charge on any atom is -0.341 e. The van der Waals surface area contributed by atoms with Crippen LogP contribution in [0.2, 0.25) is 0 Å². The molecule has 0 saturated carbocycles. The summed E-state index contributed by atoms with van der Waals surface area (Å²) in [5.41, 5.74) is 1.72. The van der Waals surface area contributed by atoms with Gasteiger partial charge in [0.2, 0.25) is 11.8 Å². The first kappa shape index (κ1) is 17.4. The van der Waals surface area contributed by atoms with E-state index in [1.165, 1.54) is 16.7 Å². The number of rotatable bonds is 6. The summed E-state index contributed by atoms with van der Waals surface area (Å²) in [5.74, 6) is 1.07. The van der Waals surface area contributed by atoms with Crippen molar-refractivity contribution in [3.05, 3.63) is 35.4 Å². The van der Waals surface area contributed by atoms with E-state index in [0.717, 1.165) is 31.5 Å². The van der Waals surface area contributed by atoms with Crippen LogP contribution in [0, 0.1) is 11.3 Å². The van der Waals surface area contributed by atoms with Crippen molar-refractivity contribution in [2.24, 2.45) is 0 Å². The zero-order valence-corrected chi connectivity index (χ0v) is 14.1. The zero-order chi connectivity index (χ0) is 16.7. The average Bonchev–Trinajstić information content (AvgIpc) is 3.10. The van der Waals surface area contributed by atoms with Crippen molar-refractivity contribution in [2.75, 3.05) is 32.4 Å². The number of carbonyl (C=O) groups is 2. The van der Waals surface area contributed by atoms with Gasteiger partial charge in [-0.25, -0.2) is 0 Å². The Labute approximate surface area is 141 Å². The first-order valence-electron chi connectivity index (χ1n) is 7.68. The number of likely N-dealkylation sites (tertiary alicyclic amines) is 1. The highest BCUT2D eigenvalue weighted by Crippen LogP contribution is 2.14. The minimum atomic E-state index is -0.0313. The van der Waals surface area contributed by atoms with Gasteiger partial charge in [-0.3, -0.25) is 9.59 Å². The number of likely N-dealkylation sites (N-methyl/N-ethyl adjacent to an activating group) is 1. The van der Waals surface area contributed by atoms with Crippen LogP contribution >= 0.6 is 11.8 Å². The summed E-state index contributed by atoms with van der Waals surface area (Å²) in [7, 11) is 1.68. The van der Waals surface area contributed by atoms with E-state index in [4.69, 9.17) is 5.26 Å². The van der Waals surface area contributed by atoms with Gasteiger partial charge in [0, 0.05) is 25.9 Å². The summed E-state index contributed by atoms with van der Waals surface area (Å²) in [6.45, 7) is 1.79. The molecule has 0 N–H and O–H groups in total. The fourth-order valence-electron chi connectivity index (χ4n) is 2.40. The zero-order valence-electron chi connectivity index (χ0n) is 13.3. The van der Waals surface area contributed by atoms with Crippen LogP contribution in [0.15, 0.2) is 24.3 Å². The van der Waals surface area contributed by atoms with Crippen molar-refractivity contribution in [1.29, 1.82) is 5.26 Å². The van der Waals surface area contributed by atoms with Crippen LogP contribution < -0.4 is 0 Å². The third kappa shape index (κ3) is 5.29. The second-order valence-electron chi connectivity index (χ2n) is 5.64. The molecule has 1 heterocycles. The van der Waals surface area contributed by atoms with Crippen LogP contribution in [-0.4, -0.2) is 54.0 Å². The van der Waals surface area contributed by atoms with Crippen LogP contribution in [0.3, 0.4) is 0 Å². The third-order valence-corrected chi connectivity index (χ3v) is 4.82. The Kier molecular flexibility index (Phi) is 6.48. The summed E-state index contributed by atoms with van der Waals surface area (Å²) in [4.78, 5) is 27.4. The maximum absolute atomic E-state index is 12.1. The average molecular weight is 331 g/mol. The Morgan fingerprint density at radius 2 is 1.91 bits per heavy atom. The summed E-state index contributed by atoms with van der Waals surface area (Å²) in [6, 6.07) is 9.43. The standard InChI is InChI=1S/C17H21N3O2S/c1-19(11-16(21)20-8-2-3-9-20)17(22)13-23-12-15-6-4-14(10-18)5-7-15/h4-7H,2-3,8-9,11-13H2,1H3. The van der Waals surface area contributed by atoms with Crippen molar-refractivity contribution in [1.82, 2.24) is 9.80 Å². The van der Waals surface area contributed by atoms with Crippen LogP contribution in [0.5, 0.6) is 0 Å². The molecule has 0 atom stereocenters. The lowest BCUT2D eigenvalue weighted by Gasteiger charge is -2.21. The summed E-state index contributed by atoms with van der Waals surface area (Å²) in [6.07, 6.45) is 2.12. The predicted octanol–water partition coefficient (Wildman–Crippen LogP) is 1.87. The molecular weight excluding hydrogens is 310 g/mol. The molecule has 0 radical (unpaired) electrons. The van der Waals surface area contributed by atoms with E-state index in [0.29, 0.717) is 17.1 Å². The van der Waals surface area contributed by atoms with E-state index in [2.05, 4.69) is 6.07 Å². The highest BCUT2D eigenvalue weighted by atomic mass is 32.2. The molecule has 1 saturated heterocycles. The van der Waals surface area contributed by atoms with Crippen molar-refractivity contribution >= 4 is 23.6 Å². The van der Waals surface area contributed by atoms with Crippen molar-refractivity contribution in [3.8, 4) is 6.07 Å². The number of nitriles is 1.